The molecule has 2 amide bonds. The standard InChI is InChI=1S/C13H13BrCl2N2O3/c14-7-3-4-8(10(16)9(7)15)17-12(21)18-13(11(19)20)5-1-2-6-13/h3-4H,1-2,5-6H2,(H,19,20)(H2,17,18,21). The van der Waals surface area contributed by atoms with Crippen LogP contribution in [0.5, 0.6) is 0 Å². The van der Waals surface area contributed by atoms with Crippen LogP contribution in [0.1, 0.15) is 25.7 Å². The number of carbonyl (C=O) groups is 2. The summed E-state index contributed by atoms with van der Waals surface area (Å²) >= 11 is 15.2. The number of halogens is 3. The number of urea groups is 1. The van der Waals surface area contributed by atoms with Gasteiger partial charge in [-0.05, 0) is 40.9 Å². The number of rotatable bonds is 3. The SMILES string of the molecule is O=C(Nc1ccc(Br)c(Cl)c1Cl)NC1(C(=O)O)CCCC1. The van der Waals surface area contributed by atoms with Crippen molar-refractivity contribution in [2.24, 2.45) is 0 Å². The van der Waals surface area contributed by atoms with Gasteiger partial charge >= 0.3 is 12.0 Å². The number of carbonyl (C=O) groups excluding carboxylic acids is 1. The number of amides is 2. The van der Waals surface area contributed by atoms with E-state index in [9.17, 15) is 14.7 Å². The predicted molar refractivity (Wildman–Crippen MR) is 85.2 cm³/mol. The van der Waals surface area contributed by atoms with Gasteiger partial charge in [0.15, 0.2) is 0 Å². The van der Waals surface area contributed by atoms with Crippen molar-refractivity contribution in [1.82, 2.24) is 5.32 Å². The van der Waals surface area contributed by atoms with Gasteiger partial charge in [0.1, 0.15) is 5.54 Å². The quantitative estimate of drug-likeness (QED) is 0.668. The Hall–Kier alpha value is -0.980. The monoisotopic (exact) mass is 394 g/mol. The maximum absolute atomic E-state index is 12.0. The first-order valence-electron chi connectivity index (χ1n) is 6.32. The van der Waals surface area contributed by atoms with Crippen molar-refractivity contribution in [3.63, 3.8) is 0 Å². The van der Waals surface area contributed by atoms with Crippen LogP contribution in [0.4, 0.5) is 10.5 Å². The second-order valence-corrected chi connectivity index (χ2v) is 6.51. The molecule has 114 valence electrons. The highest BCUT2D eigenvalue weighted by Gasteiger charge is 2.42. The van der Waals surface area contributed by atoms with E-state index in [4.69, 9.17) is 23.2 Å². The van der Waals surface area contributed by atoms with E-state index in [2.05, 4.69) is 26.6 Å². The van der Waals surface area contributed by atoms with Crippen molar-refractivity contribution in [1.29, 1.82) is 0 Å². The lowest BCUT2D eigenvalue weighted by atomic mass is 9.98. The third-order valence-corrected chi connectivity index (χ3v) is 5.27. The van der Waals surface area contributed by atoms with Crippen LogP contribution in [0.25, 0.3) is 0 Å². The van der Waals surface area contributed by atoms with Crippen molar-refractivity contribution in [3.05, 3.63) is 26.7 Å². The number of carboxylic acids is 1. The Balaban J connectivity index is 2.12. The molecular formula is C13H13BrCl2N2O3. The van der Waals surface area contributed by atoms with Crippen LogP contribution in [-0.2, 0) is 4.79 Å². The minimum Gasteiger partial charge on any atom is -0.480 e. The molecule has 5 nitrogen and oxygen atoms in total. The molecule has 21 heavy (non-hydrogen) atoms. The van der Waals surface area contributed by atoms with E-state index in [0.717, 1.165) is 12.8 Å². The Morgan fingerprint density at radius 3 is 2.38 bits per heavy atom. The summed E-state index contributed by atoms with van der Waals surface area (Å²) in [6, 6.07) is 2.62. The van der Waals surface area contributed by atoms with E-state index in [0.29, 0.717) is 23.0 Å². The van der Waals surface area contributed by atoms with Gasteiger partial charge in [0, 0.05) is 4.47 Å². The van der Waals surface area contributed by atoms with Gasteiger partial charge in [-0.15, -0.1) is 0 Å². The molecule has 0 atom stereocenters. The van der Waals surface area contributed by atoms with Gasteiger partial charge in [-0.3, -0.25) is 0 Å². The van der Waals surface area contributed by atoms with E-state index in [1.807, 2.05) is 0 Å². The fraction of sp³-hybridized carbons (Fsp3) is 0.385. The molecule has 1 fully saturated rings. The third kappa shape index (κ3) is 3.44. The number of aliphatic carboxylic acids is 1. The molecule has 0 heterocycles. The highest BCUT2D eigenvalue weighted by atomic mass is 79.9. The lowest BCUT2D eigenvalue weighted by Gasteiger charge is -2.25. The van der Waals surface area contributed by atoms with Gasteiger partial charge in [-0.1, -0.05) is 36.0 Å². The Bertz CT molecular complexity index is 589. The zero-order chi connectivity index (χ0) is 15.6. The molecule has 0 aromatic heterocycles. The maximum Gasteiger partial charge on any atom is 0.329 e. The first kappa shape index (κ1) is 16.4. The third-order valence-electron chi connectivity index (χ3n) is 3.50. The predicted octanol–water partition coefficient (Wildman–Crippen LogP) is 4.27. The van der Waals surface area contributed by atoms with E-state index in [-0.39, 0.29) is 10.0 Å². The highest BCUT2D eigenvalue weighted by Crippen LogP contribution is 2.36. The fourth-order valence-electron chi connectivity index (χ4n) is 2.36. The normalized spacial score (nSPS) is 16.5. The topological polar surface area (TPSA) is 78.4 Å². The average molecular weight is 396 g/mol. The molecular weight excluding hydrogens is 383 g/mol. The molecule has 0 radical (unpaired) electrons. The van der Waals surface area contributed by atoms with Crippen molar-refractivity contribution < 1.29 is 14.7 Å². The van der Waals surface area contributed by atoms with Gasteiger partial charge < -0.3 is 15.7 Å². The smallest absolute Gasteiger partial charge is 0.329 e. The summed E-state index contributed by atoms with van der Waals surface area (Å²) in [5.74, 6) is -1.02. The van der Waals surface area contributed by atoms with Gasteiger partial charge in [0.2, 0.25) is 0 Å². The van der Waals surface area contributed by atoms with Crippen LogP contribution in [-0.4, -0.2) is 22.6 Å². The summed E-state index contributed by atoms with van der Waals surface area (Å²) in [6.45, 7) is 0. The van der Waals surface area contributed by atoms with Crippen LogP contribution in [0.15, 0.2) is 16.6 Å². The molecule has 1 saturated carbocycles. The van der Waals surface area contributed by atoms with Gasteiger partial charge in [0.25, 0.3) is 0 Å². The Kier molecular flexibility index (Phi) is 5.01. The van der Waals surface area contributed by atoms with E-state index < -0.39 is 17.5 Å². The molecule has 2 rings (SSSR count). The van der Waals surface area contributed by atoms with Crippen LogP contribution in [0.2, 0.25) is 10.0 Å². The molecule has 1 aromatic rings. The lowest BCUT2D eigenvalue weighted by Crippen LogP contribution is -2.53. The minimum absolute atomic E-state index is 0.192. The Labute approximate surface area is 140 Å². The molecule has 1 aliphatic rings. The average Bonchev–Trinajstić information content (AvgIpc) is 2.89. The van der Waals surface area contributed by atoms with Crippen molar-refractivity contribution in [2.45, 2.75) is 31.2 Å². The van der Waals surface area contributed by atoms with Crippen molar-refractivity contribution in [3.8, 4) is 0 Å². The Morgan fingerprint density at radius 2 is 1.81 bits per heavy atom. The van der Waals surface area contributed by atoms with E-state index >= 15 is 0 Å². The molecule has 1 aromatic carbocycles. The first-order chi connectivity index (χ1) is 9.85. The van der Waals surface area contributed by atoms with Crippen molar-refractivity contribution >= 4 is 56.8 Å². The largest absolute Gasteiger partial charge is 0.480 e. The van der Waals surface area contributed by atoms with Crippen LogP contribution >= 0.6 is 39.1 Å². The molecule has 3 N–H and O–H groups in total. The molecule has 1 aliphatic carbocycles. The molecule has 0 saturated heterocycles. The second-order valence-electron chi connectivity index (χ2n) is 4.90. The summed E-state index contributed by atoms with van der Waals surface area (Å²) in [5, 5.41) is 14.9. The van der Waals surface area contributed by atoms with Crippen LogP contribution < -0.4 is 10.6 Å². The number of hydrogen-bond acceptors (Lipinski definition) is 2. The zero-order valence-corrected chi connectivity index (χ0v) is 14.0. The zero-order valence-electron chi connectivity index (χ0n) is 10.9. The number of carboxylic acid groups (broad SMARTS) is 1. The molecule has 0 bridgehead atoms. The fourth-order valence-corrected chi connectivity index (χ4v) is 3.19. The summed E-state index contributed by atoms with van der Waals surface area (Å²) in [5.41, 5.74) is -0.878. The van der Waals surface area contributed by atoms with Crippen LogP contribution in [0.3, 0.4) is 0 Å². The number of nitrogens with one attached hydrogen (secondary N) is 2. The van der Waals surface area contributed by atoms with E-state index in [1.54, 1.807) is 12.1 Å². The van der Waals surface area contributed by atoms with Gasteiger partial charge in [-0.25, -0.2) is 9.59 Å². The summed E-state index contributed by atoms with van der Waals surface area (Å²) in [4.78, 5) is 23.4. The summed E-state index contributed by atoms with van der Waals surface area (Å²) in [6.07, 6.45) is 2.39. The highest BCUT2D eigenvalue weighted by molar-refractivity contribution is 9.10. The van der Waals surface area contributed by atoms with Gasteiger partial charge in [-0.2, -0.15) is 0 Å². The van der Waals surface area contributed by atoms with Crippen molar-refractivity contribution in [2.75, 3.05) is 5.32 Å². The maximum atomic E-state index is 12.0. The number of hydrogen-bond donors (Lipinski definition) is 3. The number of anilines is 1. The molecule has 0 unspecified atom stereocenters. The first-order valence-corrected chi connectivity index (χ1v) is 7.87. The molecule has 8 heteroatoms. The summed E-state index contributed by atoms with van der Waals surface area (Å²) < 4.78 is 0.609. The number of benzene rings is 1. The second kappa shape index (κ2) is 6.42. The molecule has 0 aliphatic heterocycles. The lowest BCUT2D eigenvalue weighted by molar-refractivity contribution is -0.144. The summed E-state index contributed by atoms with van der Waals surface area (Å²) in [7, 11) is 0. The van der Waals surface area contributed by atoms with Crippen LogP contribution in [0, 0.1) is 0 Å². The van der Waals surface area contributed by atoms with Gasteiger partial charge in [0.05, 0.1) is 15.7 Å². The minimum atomic E-state index is -1.20. The van der Waals surface area contributed by atoms with E-state index in [1.165, 1.54) is 0 Å². The molecule has 0 spiro atoms. The Morgan fingerprint density at radius 1 is 1.19 bits per heavy atom.